The van der Waals surface area contributed by atoms with Gasteiger partial charge in [-0.25, -0.2) is 0 Å². The lowest BCUT2D eigenvalue weighted by molar-refractivity contribution is -0.137. The maximum atomic E-state index is 12.9. The van der Waals surface area contributed by atoms with Gasteiger partial charge in [0.1, 0.15) is 11.5 Å². The Bertz CT molecular complexity index is 1110. The van der Waals surface area contributed by atoms with Gasteiger partial charge in [-0.3, -0.25) is 9.78 Å². The number of carbonyl (C=O) groups excluding carboxylic acids is 1. The Morgan fingerprint density at radius 3 is 2.27 bits per heavy atom. The summed E-state index contributed by atoms with van der Waals surface area (Å²) in [5.74, 6) is 0.0864. The maximum absolute atomic E-state index is 12.9. The summed E-state index contributed by atoms with van der Waals surface area (Å²) in [5, 5.41) is 2.79. The molecule has 0 radical (unpaired) electrons. The first kappa shape index (κ1) is 24.3. The molecule has 0 fully saturated rings. The molecule has 5 nitrogen and oxygen atoms in total. The third kappa shape index (κ3) is 6.55. The zero-order valence-electron chi connectivity index (χ0n) is 18.7. The third-order valence-electron chi connectivity index (χ3n) is 4.75. The summed E-state index contributed by atoms with van der Waals surface area (Å²) in [6.45, 7) is 7.55. The minimum absolute atomic E-state index is 0.0608. The predicted octanol–water partition coefficient (Wildman–Crippen LogP) is 6.94. The number of alkyl halides is 3. The SMILES string of the molecule is Cc1nc(C(C)OC(C)C)ccc1C(=O)Nc1ccc(Oc2cccc(C(F)(F)F)c2)cc1. The number of benzene rings is 2. The monoisotopic (exact) mass is 458 g/mol. The van der Waals surface area contributed by atoms with Crippen LogP contribution in [0.3, 0.4) is 0 Å². The van der Waals surface area contributed by atoms with Gasteiger partial charge in [0.2, 0.25) is 0 Å². The van der Waals surface area contributed by atoms with Gasteiger partial charge in [-0.2, -0.15) is 13.2 Å². The molecule has 33 heavy (non-hydrogen) atoms. The summed E-state index contributed by atoms with van der Waals surface area (Å²) in [5.41, 5.74) is 1.47. The molecule has 0 saturated heterocycles. The summed E-state index contributed by atoms with van der Waals surface area (Å²) in [7, 11) is 0. The number of rotatable bonds is 7. The zero-order chi connectivity index (χ0) is 24.2. The zero-order valence-corrected chi connectivity index (χ0v) is 18.7. The molecular weight excluding hydrogens is 433 g/mol. The molecule has 0 aliphatic rings. The second kappa shape index (κ2) is 10.0. The Morgan fingerprint density at radius 1 is 0.970 bits per heavy atom. The van der Waals surface area contributed by atoms with Gasteiger partial charge in [-0.15, -0.1) is 0 Å². The van der Waals surface area contributed by atoms with Crippen molar-refractivity contribution in [1.29, 1.82) is 0 Å². The first-order chi connectivity index (χ1) is 15.5. The highest BCUT2D eigenvalue weighted by Crippen LogP contribution is 2.33. The van der Waals surface area contributed by atoms with Gasteiger partial charge in [-0.1, -0.05) is 6.07 Å². The Morgan fingerprint density at radius 2 is 1.67 bits per heavy atom. The molecule has 0 bridgehead atoms. The van der Waals surface area contributed by atoms with Crippen LogP contribution in [0, 0.1) is 6.92 Å². The van der Waals surface area contributed by atoms with E-state index in [9.17, 15) is 18.0 Å². The van der Waals surface area contributed by atoms with Crippen LogP contribution >= 0.6 is 0 Å². The van der Waals surface area contributed by atoms with E-state index >= 15 is 0 Å². The molecule has 2 aromatic carbocycles. The molecule has 1 unspecified atom stereocenters. The highest BCUT2D eigenvalue weighted by molar-refractivity contribution is 6.05. The van der Waals surface area contributed by atoms with Gasteiger partial charge in [0.05, 0.1) is 34.7 Å². The van der Waals surface area contributed by atoms with E-state index in [1.165, 1.54) is 12.1 Å². The average molecular weight is 458 g/mol. The molecule has 0 aliphatic heterocycles. The van der Waals surface area contributed by atoms with Crippen LogP contribution in [-0.4, -0.2) is 17.0 Å². The van der Waals surface area contributed by atoms with Crippen LogP contribution < -0.4 is 10.1 Å². The van der Waals surface area contributed by atoms with Gasteiger partial charge in [-0.05, 0) is 82.3 Å². The number of pyridine rings is 1. The molecular formula is C25H25F3N2O3. The van der Waals surface area contributed by atoms with Crippen molar-refractivity contribution in [2.24, 2.45) is 0 Å². The molecule has 1 heterocycles. The second-order valence-corrected chi connectivity index (χ2v) is 7.80. The maximum Gasteiger partial charge on any atom is 0.416 e. The van der Waals surface area contributed by atoms with Gasteiger partial charge < -0.3 is 14.8 Å². The van der Waals surface area contributed by atoms with Crippen LogP contribution in [0.15, 0.2) is 60.7 Å². The van der Waals surface area contributed by atoms with Crippen molar-refractivity contribution in [3.8, 4) is 11.5 Å². The molecule has 174 valence electrons. The summed E-state index contributed by atoms with van der Waals surface area (Å²) >= 11 is 0. The van der Waals surface area contributed by atoms with E-state index in [-0.39, 0.29) is 23.9 Å². The van der Waals surface area contributed by atoms with E-state index in [1.807, 2.05) is 20.8 Å². The highest BCUT2D eigenvalue weighted by Gasteiger charge is 2.30. The number of carbonyl (C=O) groups is 1. The number of anilines is 1. The predicted molar refractivity (Wildman–Crippen MR) is 120 cm³/mol. The Kier molecular flexibility index (Phi) is 7.38. The minimum Gasteiger partial charge on any atom is -0.457 e. The van der Waals surface area contributed by atoms with E-state index in [2.05, 4.69) is 10.3 Å². The molecule has 3 rings (SSSR count). The van der Waals surface area contributed by atoms with Crippen LogP contribution in [0.5, 0.6) is 11.5 Å². The fraction of sp³-hybridized carbons (Fsp3) is 0.280. The summed E-state index contributed by atoms with van der Waals surface area (Å²) in [4.78, 5) is 17.2. The normalized spacial score (nSPS) is 12.5. The second-order valence-electron chi connectivity index (χ2n) is 7.80. The number of halogens is 3. The Hall–Kier alpha value is -3.39. The molecule has 1 amide bonds. The van der Waals surface area contributed by atoms with Gasteiger partial charge >= 0.3 is 6.18 Å². The highest BCUT2D eigenvalue weighted by atomic mass is 19.4. The summed E-state index contributed by atoms with van der Waals surface area (Å²) in [6, 6.07) is 14.5. The van der Waals surface area contributed by atoms with Crippen LogP contribution in [-0.2, 0) is 10.9 Å². The van der Waals surface area contributed by atoms with E-state index in [0.29, 0.717) is 22.7 Å². The Balaban J connectivity index is 1.66. The van der Waals surface area contributed by atoms with Crippen molar-refractivity contribution in [2.75, 3.05) is 5.32 Å². The molecule has 0 aliphatic carbocycles. The van der Waals surface area contributed by atoms with E-state index in [4.69, 9.17) is 9.47 Å². The van der Waals surface area contributed by atoms with Gasteiger partial charge in [0.25, 0.3) is 5.91 Å². The minimum atomic E-state index is -4.45. The van der Waals surface area contributed by atoms with Crippen molar-refractivity contribution in [1.82, 2.24) is 4.98 Å². The lowest BCUT2D eigenvalue weighted by Gasteiger charge is -2.17. The number of amides is 1. The van der Waals surface area contributed by atoms with Crippen molar-refractivity contribution >= 4 is 11.6 Å². The van der Waals surface area contributed by atoms with Crippen molar-refractivity contribution in [3.63, 3.8) is 0 Å². The van der Waals surface area contributed by atoms with Crippen LogP contribution in [0.1, 0.15) is 54.2 Å². The van der Waals surface area contributed by atoms with E-state index in [0.717, 1.165) is 17.8 Å². The van der Waals surface area contributed by atoms with Gasteiger partial charge in [0.15, 0.2) is 0 Å². The molecule has 0 spiro atoms. The Labute approximate surface area is 190 Å². The quantitative estimate of drug-likeness (QED) is 0.417. The largest absolute Gasteiger partial charge is 0.457 e. The number of nitrogens with zero attached hydrogens (tertiary/aromatic N) is 1. The smallest absolute Gasteiger partial charge is 0.416 e. The average Bonchev–Trinajstić information content (AvgIpc) is 2.74. The van der Waals surface area contributed by atoms with Crippen LogP contribution in [0.4, 0.5) is 18.9 Å². The lowest BCUT2D eigenvalue weighted by atomic mass is 10.1. The topological polar surface area (TPSA) is 60.5 Å². The fourth-order valence-electron chi connectivity index (χ4n) is 3.20. The van der Waals surface area contributed by atoms with E-state index in [1.54, 1.807) is 43.3 Å². The number of aryl methyl sites for hydroxylation is 1. The molecule has 1 N–H and O–H groups in total. The molecule has 3 aromatic rings. The first-order valence-electron chi connectivity index (χ1n) is 10.4. The van der Waals surface area contributed by atoms with Crippen molar-refractivity contribution in [2.45, 2.75) is 46.1 Å². The van der Waals surface area contributed by atoms with Crippen LogP contribution in [0.2, 0.25) is 0 Å². The summed E-state index contributed by atoms with van der Waals surface area (Å²) < 4.78 is 49.8. The molecule has 1 aromatic heterocycles. The fourth-order valence-corrected chi connectivity index (χ4v) is 3.20. The summed E-state index contributed by atoms with van der Waals surface area (Å²) in [6.07, 6.45) is -4.58. The van der Waals surface area contributed by atoms with Crippen LogP contribution in [0.25, 0.3) is 0 Å². The number of ether oxygens (including phenoxy) is 2. The van der Waals surface area contributed by atoms with E-state index < -0.39 is 11.7 Å². The first-order valence-corrected chi connectivity index (χ1v) is 10.4. The number of nitrogens with one attached hydrogen (secondary N) is 1. The number of hydrogen-bond donors (Lipinski definition) is 1. The number of hydrogen-bond acceptors (Lipinski definition) is 4. The standard InChI is InChI=1S/C25H25F3N2O3/c1-15(2)32-17(4)23-13-12-22(16(3)29-23)24(31)30-19-8-10-20(11-9-19)33-21-7-5-6-18(14-21)25(26,27)28/h5-15,17H,1-4H3,(H,30,31). The van der Waals surface area contributed by atoms with Gasteiger partial charge in [0, 0.05) is 5.69 Å². The third-order valence-corrected chi connectivity index (χ3v) is 4.75. The van der Waals surface area contributed by atoms with Crippen molar-refractivity contribution < 1.29 is 27.4 Å². The number of aromatic nitrogens is 1. The molecule has 8 heteroatoms. The lowest BCUT2D eigenvalue weighted by Crippen LogP contribution is -2.16. The van der Waals surface area contributed by atoms with Crippen molar-refractivity contribution in [3.05, 3.63) is 83.2 Å². The molecule has 1 atom stereocenters. The molecule has 0 saturated carbocycles.